The number of amides is 1. The highest BCUT2D eigenvalue weighted by Gasteiger charge is 2.19. The Morgan fingerprint density at radius 2 is 2.15 bits per heavy atom. The molecule has 0 heterocycles. The average molecular weight is 321 g/mol. The molecule has 0 saturated heterocycles. The van der Waals surface area contributed by atoms with E-state index >= 15 is 0 Å². The van der Waals surface area contributed by atoms with Crippen molar-refractivity contribution in [3.8, 4) is 0 Å². The molecule has 8 heteroatoms. The Kier molecular flexibility index (Phi) is 6.41. The molecule has 0 saturated carbocycles. The molecule has 0 aromatic heterocycles. The zero-order valence-electron chi connectivity index (χ0n) is 11.3. The second kappa shape index (κ2) is 7.58. The van der Waals surface area contributed by atoms with E-state index in [0.717, 1.165) is 10.6 Å². The van der Waals surface area contributed by atoms with E-state index in [0.29, 0.717) is 10.7 Å². The fourth-order valence-corrected chi connectivity index (χ4v) is 2.43. The van der Waals surface area contributed by atoms with Crippen LogP contribution in [-0.4, -0.2) is 51.7 Å². The summed E-state index contributed by atoms with van der Waals surface area (Å²) in [5.41, 5.74) is 0.516. The quantitative estimate of drug-likeness (QED) is 0.818. The van der Waals surface area contributed by atoms with E-state index in [-0.39, 0.29) is 19.7 Å². The number of sulfonamides is 1. The van der Waals surface area contributed by atoms with Crippen molar-refractivity contribution in [1.29, 1.82) is 0 Å². The third kappa shape index (κ3) is 5.87. The summed E-state index contributed by atoms with van der Waals surface area (Å²) in [5.74, 6) is -0.436. The number of hydrogen-bond donors (Lipinski definition) is 1. The lowest BCUT2D eigenvalue weighted by molar-refractivity contribution is -0.116. The van der Waals surface area contributed by atoms with Gasteiger partial charge in [0.25, 0.3) is 0 Å². The average Bonchev–Trinajstić information content (AvgIpc) is 2.33. The third-order valence-corrected chi connectivity index (χ3v) is 3.93. The van der Waals surface area contributed by atoms with Gasteiger partial charge in [-0.05, 0) is 18.2 Å². The van der Waals surface area contributed by atoms with Gasteiger partial charge in [-0.1, -0.05) is 17.7 Å². The van der Waals surface area contributed by atoms with E-state index in [1.807, 2.05) is 0 Å². The topological polar surface area (TPSA) is 75.7 Å². The molecule has 1 aromatic rings. The maximum atomic E-state index is 11.8. The van der Waals surface area contributed by atoms with Gasteiger partial charge in [0, 0.05) is 24.4 Å². The first kappa shape index (κ1) is 16.9. The van der Waals surface area contributed by atoms with Crippen molar-refractivity contribution < 1.29 is 17.9 Å². The maximum Gasteiger partial charge on any atom is 0.239 e. The van der Waals surface area contributed by atoms with Crippen LogP contribution < -0.4 is 5.32 Å². The molecule has 0 aliphatic carbocycles. The van der Waals surface area contributed by atoms with Crippen molar-refractivity contribution in [3.63, 3.8) is 0 Å². The van der Waals surface area contributed by atoms with E-state index in [4.69, 9.17) is 16.3 Å². The predicted octanol–water partition coefficient (Wildman–Crippen LogP) is 1.19. The minimum Gasteiger partial charge on any atom is -0.383 e. The van der Waals surface area contributed by atoms with Crippen molar-refractivity contribution in [2.75, 3.05) is 38.4 Å². The molecule has 112 valence electrons. The molecular weight excluding hydrogens is 304 g/mol. The summed E-state index contributed by atoms with van der Waals surface area (Å²) in [6.07, 6.45) is 1.05. The van der Waals surface area contributed by atoms with Crippen LogP contribution in [0.5, 0.6) is 0 Å². The summed E-state index contributed by atoms with van der Waals surface area (Å²) in [6.45, 7) is 0.0739. The Bertz CT molecular complexity index is 562. The summed E-state index contributed by atoms with van der Waals surface area (Å²) in [6, 6.07) is 6.62. The number of carbonyl (C=O) groups is 1. The van der Waals surface area contributed by atoms with Gasteiger partial charge in [0.05, 0.1) is 19.4 Å². The Balaban J connectivity index is 2.67. The number of rotatable bonds is 7. The van der Waals surface area contributed by atoms with Gasteiger partial charge in [-0.15, -0.1) is 0 Å². The first-order valence-electron chi connectivity index (χ1n) is 5.82. The second-order valence-electron chi connectivity index (χ2n) is 4.15. The zero-order chi connectivity index (χ0) is 15.2. The molecule has 1 amide bonds. The number of benzene rings is 1. The normalized spacial score (nSPS) is 11.6. The number of nitrogens with one attached hydrogen (secondary N) is 1. The molecule has 0 fully saturated rings. The van der Waals surface area contributed by atoms with Crippen LogP contribution in [0.15, 0.2) is 24.3 Å². The first-order valence-corrected chi connectivity index (χ1v) is 8.05. The smallest absolute Gasteiger partial charge is 0.239 e. The van der Waals surface area contributed by atoms with Crippen molar-refractivity contribution in [1.82, 2.24) is 4.31 Å². The highest BCUT2D eigenvalue weighted by molar-refractivity contribution is 7.88. The van der Waals surface area contributed by atoms with Crippen molar-refractivity contribution in [2.45, 2.75) is 0 Å². The number of ether oxygens (including phenoxy) is 1. The molecule has 0 aliphatic rings. The van der Waals surface area contributed by atoms with Crippen LogP contribution in [0.1, 0.15) is 0 Å². The lowest BCUT2D eigenvalue weighted by Crippen LogP contribution is -2.39. The standard InChI is InChI=1S/C12H17ClN2O4S/c1-19-7-6-15(20(2,17)18)9-12(16)14-11-5-3-4-10(13)8-11/h3-5,8H,6-7,9H2,1-2H3,(H,14,16). The fraction of sp³-hybridized carbons (Fsp3) is 0.417. The largest absolute Gasteiger partial charge is 0.383 e. The van der Waals surface area contributed by atoms with Gasteiger partial charge in [-0.25, -0.2) is 8.42 Å². The fourth-order valence-electron chi connectivity index (χ4n) is 1.48. The molecule has 0 radical (unpaired) electrons. The van der Waals surface area contributed by atoms with Gasteiger partial charge in [0.2, 0.25) is 15.9 Å². The number of halogens is 1. The van der Waals surface area contributed by atoms with E-state index < -0.39 is 15.9 Å². The molecule has 0 atom stereocenters. The maximum absolute atomic E-state index is 11.8. The second-order valence-corrected chi connectivity index (χ2v) is 6.57. The summed E-state index contributed by atoms with van der Waals surface area (Å²) in [7, 11) is -2.00. The van der Waals surface area contributed by atoms with Crippen LogP contribution >= 0.6 is 11.6 Å². The highest BCUT2D eigenvalue weighted by Crippen LogP contribution is 2.14. The Labute approximate surface area is 123 Å². The lowest BCUT2D eigenvalue weighted by atomic mass is 10.3. The SMILES string of the molecule is COCCN(CC(=O)Nc1cccc(Cl)c1)S(C)(=O)=O. The molecule has 0 aliphatic heterocycles. The Hall–Kier alpha value is -1.15. The van der Waals surface area contributed by atoms with Gasteiger partial charge in [-0.2, -0.15) is 4.31 Å². The van der Waals surface area contributed by atoms with E-state index in [2.05, 4.69) is 5.32 Å². The minimum atomic E-state index is -3.47. The van der Waals surface area contributed by atoms with Gasteiger partial charge in [0.1, 0.15) is 0 Å². The van der Waals surface area contributed by atoms with Gasteiger partial charge in [-0.3, -0.25) is 4.79 Å². The van der Waals surface area contributed by atoms with Gasteiger partial charge < -0.3 is 10.1 Å². The molecule has 0 unspecified atom stereocenters. The van der Waals surface area contributed by atoms with Crippen molar-refractivity contribution in [3.05, 3.63) is 29.3 Å². The van der Waals surface area contributed by atoms with Gasteiger partial charge in [0.15, 0.2) is 0 Å². The van der Waals surface area contributed by atoms with Crippen molar-refractivity contribution in [2.24, 2.45) is 0 Å². The Morgan fingerprint density at radius 1 is 1.45 bits per heavy atom. The molecule has 6 nitrogen and oxygen atoms in total. The molecule has 1 aromatic carbocycles. The van der Waals surface area contributed by atoms with Crippen LogP contribution in [0, 0.1) is 0 Å². The number of methoxy groups -OCH3 is 1. The molecule has 0 spiro atoms. The number of carbonyl (C=O) groups excluding carboxylic acids is 1. The summed E-state index contributed by atoms with van der Waals surface area (Å²) in [4.78, 5) is 11.8. The monoisotopic (exact) mass is 320 g/mol. The van der Waals surface area contributed by atoms with Crippen LogP contribution in [0.2, 0.25) is 5.02 Å². The molecule has 20 heavy (non-hydrogen) atoms. The van der Waals surface area contributed by atoms with Crippen LogP contribution in [0.3, 0.4) is 0 Å². The summed E-state index contributed by atoms with van der Waals surface area (Å²) < 4.78 is 29.0. The number of nitrogens with zero attached hydrogens (tertiary/aromatic N) is 1. The highest BCUT2D eigenvalue weighted by atomic mass is 35.5. The van der Waals surface area contributed by atoms with Gasteiger partial charge >= 0.3 is 0 Å². The van der Waals surface area contributed by atoms with E-state index in [1.165, 1.54) is 7.11 Å². The number of anilines is 1. The lowest BCUT2D eigenvalue weighted by Gasteiger charge is -2.19. The van der Waals surface area contributed by atoms with E-state index in [9.17, 15) is 13.2 Å². The van der Waals surface area contributed by atoms with Crippen molar-refractivity contribution >= 4 is 33.2 Å². The molecule has 0 bridgehead atoms. The molecular formula is C12H17ClN2O4S. The third-order valence-electron chi connectivity index (χ3n) is 2.44. The zero-order valence-corrected chi connectivity index (χ0v) is 12.9. The van der Waals surface area contributed by atoms with E-state index in [1.54, 1.807) is 24.3 Å². The number of hydrogen-bond acceptors (Lipinski definition) is 4. The first-order chi connectivity index (χ1) is 9.32. The molecule has 1 rings (SSSR count). The van der Waals surface area contributed by atoms with Crippen LogP contribution in [0.4, 0.5) is 5.69 Å². The van der Waals surface area contributed by atoms with Crippen LogP contribution in [0.25, 0.3) is 0 Å². The molecule has 1 N–H and O–H groups in total. The minimum absolute atomic E-state index is 0.123. The summed E-state index contributed by atoms with van der Waals surface area (Å²) in [5, 5.41) is 3.08. The Morgan fingerprint density at radius 3 is 2.70 bits per heavy atom. The summed E-state index contributed by atoms with van der Waals surface area (Å²) >= 11 is 5.80. The van der Waals surface area contributed by atoms with Crippen LogP contribution in [-0.2, 0) is 19.6 Å². The predicted molar refractivity (Wildman–Crippen MR) is 78.4 cm³/mol.